The number of benzene rings is 3. The summed E-state index contributed by atoms with van der Waals surface area (Å²) < 4.78 is 0. The molecule has 0 saturated heterocycles. The summed E-state index contributed by atoms with van der Waals surface area (Å²) in [6.07, 6.45) is 0. The lowest BCUT2D eigenvalue weighted by Crippen LogP contribution is -2.16. The molecule has 1 heterocycles. The summed E-state index contributed by atoms with van der Waals surface area (Å²) in [6.45, 7) is 4.04. The van der Waals surface area contributed by atoms with Crippen LogP contribution < -0.4 is 5.32 Å². The molecule has 1 aromatic heterocycles. The minimum absolute atomic E-state index is 0.186. The zero-order valence-electron chi connectivity index (χ0n) is 15.2. The number of hydrogen-bond acceptors (Lipinski definition) is 3. The summed E-state index contributed by atoms with van der Waals surface area (Å²) in [7, 11) is 0. The molecule has 27 heavy (non-hydrogen) atoms. The van der Waals surface area contributed by atoms with Gasteiger partial charge >= 0.3 is 0 Å². The molecule has 0 aliphatic rings. The molecule has 1 amide bonds. The van der Waals surface area contributed by atoms with Gasteiger partial charge in [0.2, 0.25) is 0 Å². The van der Waals surface area contributed by atoms with E-state index < -0.39 is 0 Å². The van der Waals surface area contributed by atoms with Crippen LogP contribution in [0.5, 0.6) is 0 Å². The number of fused-ring (bicyclic) bond motifs is 1. The van der Waals surface area contributed by atoms with E-state index in [-0.39, 0.29) is 5.91 Å². The third kappa shape index (κ3) is 3.17. The highest BCUT2D eigenvalue weighted by Crippen LogP contribution is 2.28. The zero-order chi connectivity index (χ0) is 18.8. The Kier molecular flexibility index (Phi) is 4.38. The van der Waals surface area contributed by atoms with E-state index in [1.54, 1.807) is 0 Å². The Labute approximate surface area is 157 Å². The average molecular weight is 353 g/mol. The maximum atomic E-state index is 13.3. The maximum Gasteiger partial charge on any atom is 0.258 e. The highest BCUT2D eigenvalue weighted by Gasteiger charge is 2.20. The van der Waals surface area contributed by atoms with Crippen molar-refractivity contribution in [3.05, 3.63) is 89.5 Å². The van der Waals surface area contributed by atoms with Crippen molar-refractivity contribution in [2.24, 2.45) is 0 Å². The Morgan fingerprint density at radius 3 is 2.37 bits per heavy atom. The molecule has 0 fully saturated rings. The van der Waals surface area contributed by atoms with E-state index >= 15 is 0 Å². The normalized spacial score (nSPS) is 10.7. The molecule has 0 saturated carbocycles. The first kappa shape index (κ1) is 16.9. The molecule has 3 aromatic carbocycles. The Hall–Kier alpha value is -3.53. The Balaban J connectivity index is 1.88. The van der Waals surface area contributed by atoms with Crippen LogP contribution in [0.2, 0.25) is 0 Å². The van der Waals surface area contributed by atoms with E-state index in [0.29, 0.717) is 16.8 Å². The van der Waals surface area contributed by atoms with Gasteiger partial charge < -0.3 is 5.32 Å². The molecule has 4 rings (SSSR count). The predicted molar refractivity (Wildman–Crippen MR) is 109 cm³/mol. The van der Waals surface area contributed by atoms with Crippen molar-refractivity contribution in [2.45, 2.75) is 13.8 Å². The minimum Gasteiger partial charge on any atom is -0.322 e. The number of rotatable bonds is 3. The number of carbonyl (C=O) groups is 1. The lowest BCUT2D eigenvalue weighted by Gasteiger charge is -2.14. The molecule has 0 bridgehead atoms. The molecule has 132 valence electrons. The van der Waals surface area contributed by atoms with Gasteiger partial charge in [-0.25, -0.2) is 0 Å². The number of anilines is 1. The van der Waals surface area contributed by atoms with Crippen molar-refractivity contribution in [3.8, 4) is 11.3 Å². The smallest absolute Gasteiger partial charge is 0.258 e. The predicted octanol–water partition coefficient (Wildman–Crippen LogP) is 5.17. The molecule has 1 N–H and O–H groups in total. The molecule has 4 nitrogen and oxygen atoms in total. The fraction of sp³-hybridized carbons (Fsp3) is 0.0870. The van der Waals surface area contributed by atoms with Crippen molar-refractivity contribution >= 4 is 22.5 Å². The lowest BCUT2D eigenvalue weighted by molar-refractivity contribution is 0.102. The monoisotopic (exact) mass is 353 g/mol. The van der Waals surface area contributed by atoms with Crippen LogP contribution in [0, 0.1) is 13.8 Å². The summed E-state index contributed by atoms with van der Waals surface area (Å²) in [5.41, 5.74) is 5.67. The standard InChI is InChI=1S/C23H19N3O/c1-15-9-8-14-19(16(15)2)24-23(27)21-18-12-6-7-13-20(18)25-26-22(21)17-10-4-3-5-11-17/h3-14H,1-2H3,(H,24,27). The highest BCUT2D eigenvalue weighted by atomic mass is 16.1. The molecule has 4 heteroatoms. The fourth-order valence-corrected chi connectivity index (χ4v) is 3.15. The quantitative estimate of drug-likeness (QED) is 0.553. The number of aryl methyl sites for hydroxylation is 1. The summed E-state index contributed by atoms with van der Waals surface area (Å²) in [5.74, 6) is -0.186. The van der Waals surface area contributed by atoms with Crippen molar-refractivity contribution in [1.29, 1.82) is 0 Å². The van der Waals surface area contributed by atoms with Gasteiger partial charge in [-0.2, -0.15) is 0 Å². The van der Waals surface area contributed by atoms with Gasteiger partial charge in [0.1, 0.15) is 5.69 Å². The van der Waals surface area contributed by atoms with E-state index in [1.165, 1.54) is 0 Å². The maximum absolute atomic E-state index is 13.3. The van der Waals surface area contributed by atoms with Crippen molar-refractivity contribution < 1.29 is 4.79 Å². The number of aromatic nitrogens is 2. The number of amides is 1. The van der Waals surface area contributed by atoms with Crippen LogP contribution >= 0.6 is 0 Å². The van der Waals surface area contributed by atoms with Crippen LogP contribution in [-0.2, 0) is 0 Å². The largest absolute Gasteiger partial charge is 0.322 e. The van der Waals surface area contributed by atoms with Gasteiger partial charge in [-0.1, -0.05) is 60.7 Å². The van der Waals surface area contributed by atoms with Crippen LogP contribution in [0.1, 0.15) is 21.5 Å². The van der Waals surface area contributed by atoms with Crippen LogP contribution in [-0.4, -0.2) is 16.1 Å². The van der Waals surface area contributed by atoms with Gasteiger partial charge in [-0.15, -0.1) is 10.2 Å². The van der Waals surface area contributed by atoms with Crippen molar-refractivity contribution in [1.82, 2.24) is 10.2 Å². The van der Waals surface area contributed by atoms with Crippen LogP contribution in [0.3, 0.4) is 0 Å². The number of carbonyl (C=O) groups excluding carboxylic acids is 1. The number of nitrogens with zero attached hydrogens (tertiary/aromatic N) is 2. The molecule has 0 unspecified atom stereocenters. The van der Waals surface area contributed by atoms with Crippen molar-refractivity contribution in [2.75, 3.05) is 5.32 Å². The highest BCUT2D eigenvalue weighted by molar-refractivity contribution is 6.16. The Bertz CT molecular complexity index is 1140. The Morgan fingerprint density at radius 2 is 1.56 bits per heavy atom. The molecule has 0 aliphatic heterocycles. The second-order valence-corrected chi connectivity index (χ2v) is 6.51. The van der Waals surface area contributed by atoms with E-state index in [0.717, 1.165) is 27.8 Å². The number of hydrogen-bond donors (Lipinski definition) is 1. The molecule has 0 aliphatic carbocycles. The molecule has 0 spiro atoms. The average Bonchev–Trinajstić information content (AvgIpc) is 2.71. The van der Waals surface area contributed by atoms with Crippen LogP contribution in [0.25, 0.3) is 22.2 Å². The van der Waals surface area contributed by atoms with E-state index in [4.69, 9.17) is 0 Å². The molecular weight excluding hydrogens is 334 g/mol. The van der Waals surface area contributed by atoms with Crippen molar-refractivity contribution in [3.63, 3.8) is 0 Å². The van der Waals surface area contributed by atoms with E-state index in [2.05, 4.69) is 15.5 Å². The first-order valence-corrected chi connectivity index (χ1v) is 8.83. The second-order valence-electron chi connectivity index (χ2n) is 6.51. The first-order chi connectivity index (χ1) is 13.1. The second kappa shape index (κ2) is 7.00. The lowest BCUT2D eigenvalue weighted by atomic mass is 10.0. The van der Waals surface area contributed by atoms with Crippen LogP contribution in [0.15, 0.2) is 72.8 Å². The Morgan fingerprint density at radius 1 is 0.815 bits per heavy atom. The third-order valence-electron chi connectivity index (χ3n) is 4.80. The zero-order valence-corrected chi connectivity index (χ0v) is 15.2. The van der Waals surface area contributed by atoms with Gasteiger partial charge in [-0.3, -0.25) is 4.79 Å². The SMILES string of the molecule is Cc1cccc(NC(=O)c2c(-c3ccccc3)nnc3ccccc23)c1C. The molecule has 0 radical (unpaired) electrons. The molecular formula is C23H19N3O. The van der Waals surface area contributed by atoms with Gasteiger partial charge in [0.05, 0.1) is 11.1 Å². The number of nitrogens with one attached hydrogen (secondary N) is 1. The fourth-order valence-electron chi connectivity index (χ4n) is 3.15. The molecule has 4 aromatic rings. The van der Waals surface area contributed by atoms with Gasteiger partial charge in [0, 0.05) is 16.6 Å². The van der Waals surface area contributed by atoms with Gasteiger partial charge in [-0.05, 0) is 37.1 Å². The summed E-state index contributed by atoms with van der Waals surface area (Å²) in [5, 5.41) is 12.5. The van der Waals surface area contributed by atoms with Gasteiger partial charge in [0.25, 0.3) is 5.91 Å². The first-order valence-electron chi connectivity index (χ1n) is 8.83. The minimum atomic E-state index is -0.186. The van der Waals surface area contributed by atoms with Crippen LogP contribution in [0.4, 0.5) is 5.69 Å². The third-order valence-corrected chi connectivity index (χ3v) is 4.80. The summed E-state index contributed by atoms with van der Waals surface area (Å²) in [4.78, 5) is 13.3. The van der Waals surface area contributed by atoms with E-state index in [1.807, 2.05) is 86.6 Å². The summed E-state index contributed by atoms with van der Waals surface area (Å²) >= 11 is 0. The van der Waals surface area contributed by atoms with Gasteiger partial charge in [0.15, 0.2) is 0 Å². The molecule has 0 atom stereocenters. The summed E-state index contributed by atoms with van der Waals surface area (Å²) in [6, 6.07) is 23.1. The van der Waals surface area contributed by atoms with E-state index in [9.17, 15) is 4.79 Å². The topological polar surface area (TPSA) is 54.9 Å².